The SMILES string of the molecule is CCC(C(=O)O)N(C)S(=O)(=O)Cc1cccc(C#N)c1. The van der Waals surface area contributed by atoms with Crippen LogP contribution in [0.15, 0.2) is 24.3 Å². The lowest BCUT2D eigenvalue weighted by atomic mass is 10.2. The van der Waals surface area contributed by atoms with Gasteiger partial charge < -0.3 is 5.11 Å². The Balaban J connectivity index is 3.00. The number of carboxylic acid groups (broad SMARTS) is 1. The number of likely N-dealkylation sites (N-methyl/N-ethyl adjacent to an activating group) is 1. The molecule has 1 atom stereocenters. The summed E-state index contributed by atoms with van der Waals surface area (Å²) in [5.41, 5.74) is 0.821. The molecule has 0 aliphatic carbocycles. The zero-order valence-corrected chi connectivity index (χ0v) is 12.1. The van der Waals surface area contributed by atoms with Crippen LogP contribution in [0.2, 0.25) is 0 Å². The molecule has 0 aliphatic rings. The van der Waals surface area contributed by atoms with Crippen LogP contribution in [0.1, 0.15) is 24.5 Å². The average Bonchev–Trinajstić information content (AvgIpc) is 2.38. The molecule has 0 spiro atoms. The number of carboxylic acids is 1. The van der Waals surface area contributed by atoms with Gasteiger partial charge in [-0.2, -0.15) is 9.57 Å². The zero-order valence-electron chi connectivity index (χ0n) is 11.3. The monoisotopic (exact) mass is 296 g/mol. The average molecular weight is 296 g/mol. The van der Waals surface area contributed by atoms with Crippen LogP contribution in [0, 0.1) is 11.3 Å². The Morgan fingerprint density at radius 3 is 2.65 bits per heavy atom. The van der Waals surface area contributed by atoms with E-state index >= 15 is 0 Å². The molecule has 7 heteroatoms. The summed E-state index contributed by atoms with van der Waals surface area (Å²) in [6, 6.07) is 7.09. The van der Waals surface area contributed by atoms with Crippen LogP contribution < -0.4 is 0 Å². The van der Waals surface area contributed by atoms with Crippen molar-refractivity contribution in [2.45, 2.75) is 25.1 Å². The Hall–Kier alpha value is -1.91. The molecular weight excluding hydrogens is 280 g/mol. The van der Waals surface area contributed by atoms with Gasteiger partial charge in [0, 0.05) is 7.05 Å². The third-order valence-electron chi connectivity index (χ3n) is 2.95. The van der Waals surface area contributed by atoms with Crippen molar-refractivity contribution in [2.75, 3.05) is 7.05 Å². The number of hydrogen-bond acceptors (Lipinski definition) is 4. The van der Waals surface area contributed by atoms with E-state index < -0.39 is 22.0 Å². The van der Waals surface area contributed by atoms with Crippen LogP contribution >= 0.6 is 0 Å². The number of hydrogen-bond donors (Lipinski definition) is 1. The lowest BCUT2D eigenvalue weighted by Gasteiger charge is -2.23. The summed E-state index contributed by atoms with van der Waals surface area (Å²) in [5, 5.41) is 17.8. The molecule has 1 aromatic carbocycles. The van der Waals surface area contributed by atoms with Crippen LogP contribution in [0.25, 0.3) is 0 Å². The number of rotatable bonds is 6. The van der Waals surface area contributed by atoms with Crippen molar-refractivity contribution in [1.29, 1.82) is 5.26 Å². The highest BCUT2D eigenvalue weighted by Crippen LogP contribution is 2.15. The first-order valence-electron chi connectivity index (χ1n) is 5.99. The molecule has 6 nitrogen and oxygen atoms in total. The molecule has 0 saturated heterocycles. The van der Waals surface area contributed by atoms with E-state index in [4.69, 9.17) is 10.4 Å². The topological polar surface area (TPSA) is 98.5 Å². The van der Waals surface area contributed by atoms with Crippen molar-refractivity contribution in [1.82, 2.24) is 4.31 Å². The highest BCUT2D eigenvalue weighted by Gasteiger charge is 2.30. The van der Waals surface area contributed by atoms with Crippen molar-refractivity contribution in [3.8, 4) is 6.07 Å². The van der Waals surface area contributed by atoms with Gasteiger partial charge in [-0.05, 0) is 24.1 Å². The van der Waals surface area contributed by atoms with Gasteiger partial charge in [0.05, 0.1) is 17.4 Å². The number of carbonyl (C=O) groups is 1. The normalized spacial score (nSPS) is 12.9. The molecule has 0 bridgehead atoms. The standard InChI is InChI=1S/C13H16N2O4S/c1-3-12(13(16)17)15(2)20(18,19)9-11-6-4-5-10(7-11)8-14/h4-7,12H,3,9H2,1-2H3,(H,16,17). The molecule has 0 aromatic heterocycles. The Kier molecular flexibility index (Phi) is 5.25. The second-order valence-corrected chi connectivity index (χ2v) is 6.38. The van der Waals surface area contributed by atoms with E-state index in [-0.39, 0.29) is 12.2 Å². The van der Waals surface area contributed by atoms with E-state index in [0.717, 1.165) is 4.31 Å². The molecule has 20 heavy (non-hydrogen) atoms. The summed E-state index contributed by atoms with van der Waals surface area (Å²) in [6.45, 7) is 1.61. The van der Waals surface area contributed by atoms with Crippen molar-refractivity contribution in [2.24, 2.45) is 0 Å². The van der Waals surface area contributed by atoms with Crippen LogP contribution in [0.5, 0.6) is 0 Å². The molecule has 1 aromatic rings. The summed E-state index contributed by atoms with van der Waals surface area (Å²) in [5.74, 6) is -1.51. The van der Waals surface area contributed by atoms with Gasteiger partial charge in [0.25, 0.3) is 0 Å². The molecular formula is C13H16N2O4S. The lowest BCUT2D eigenvalue weighted by molar-refractivity contribution is -0.141. The summed E-state index contributed by atoms with van der Waals surface area (Å²) in [4.78, 5) is 11.0. The number of nitrogens with zero attached hydrogens (tertiary/aromatic N) is 2. The maximum Gasteiger partial charge on any atom is 0.321 e. The maximum atomic E-state index is 12.2. The molecule has 1 N–H and O–H groups in total. The van der Waals surface area contributed by atoms with E-state index in [1.165, 1.54) is 13.1 Å². The number of sulfonamides is 1. The molecule has 1 unspecified atom stereocenters. The Morgan fingerprint density at radius 1 is 1.50 bits per heavy atom. The number of nitriles is 1. The van der Waals surface area contributed by atoms with Gasteiger partial charge in [0.15, 0.2) is 0 Å². The molecule has 0 amide bonds. The molecule has 108 valence electrons. The minimum absolute atomic E-state index is 0.184. The van der Waals surface area contributed by atoms with E-state index in [9.17, 15) is 13.2 Å². The molecule has 0 aliphatic heterocycles. The van der Waals surface area contributed by atoms with Crippen molar-refractivity contribution < 1.29 is 18.3 Å². The third-order valence-corrected chi connectivity index (χ3v) is 4.78. The van der Waals surface area contributed by atoms with E-state index in [1.54, 1.807) is 25.1 Å². The maximum absolute atomic E-state index is 12.2. The van der Waals surface area contributed by atoms with Gasteiger partial charge in [-0.25, -0.2) is 8.42 Å². The first kappa shape index (κ1) is 16.1. The molecule has 1 rings (SSSR count). The minimum Gasteiger partial charge on any atom is -0.480 e. The fourth-order valence-corrected chi connectivity index (χ4v) is 3.26. The largest absolute Gasteiger partial charge is 0.480 e. The van der Waals surface area contributed by atoms with Crippen molar-refractivity contribution in [3.05, 3.63) is 35.4 Å². The molecule has 0 saturated carbocycles. The van der Waals surface area contributed by atoms with Gasteiger partial charge in [-0.3, -0.25) is 4.79 Å². The second-order valence-electron chi connectivity index (χ2n) is 4.35. The summed E-state index contributed by atoms with van der Waals surface area (Å²) < 4.78 is 25.2. The van der Waals surface area contributed by atoms with Crippen LogP contribution in [-0.4, -0.2) is 36.9 Å². The first-order chi connectivity index (χ1) is 9.31. The molecule has 0 heterocycles. The summed E-state index contributed by atoms with van der Waals surface area (Å²) >= 11 is 0. The molecule has 0 fully saturated rings. The van der Waals surface area contributed by atoms with E-state index in [0.29, 0.717) is 11.1 Å². The fourth-order valence-electron chi connectivity index (χ4n) is 1.82. The van der Waals surface area contributed by atoms with Gasteiger partial charge in [0.2, 0.25) is 10.0 Å². The van der Waals surface area contributed by atoms with Crippen LogP contribution in [0.3, 0.4) is 0 Å². The van der Waals surface area contributed by atoms with Crippen molar-refractivity contribution >= 4 is 16.0 Å². The highest BCUT2D eigenvalue weighted by atomic mass is 32.2. The van der Waals surface area contributed by atoms with E-state index in [2.05, 4.69) is 0 Å². The van der Waals surface area contributed by atoms with Crippen LogP contribution in [-0.2, 0) is 20.6 Å². The van der Waals surface area contributed by atoms with E-state index in [1.807, 2.05) is 6.07 Å². The van der Waals surface area contributed by atoms with Gasteiger partial charge >= 0.3 is 5.97 Å². The number of aliphatic carboxylic acids is 1. The molecule has 0 radical (unpaired) electrons. The number of benzene rings is 1. The van der Waals surface area contributed by atoms with Crippen LogP contribution in [0.4, 0.5) is 0 Å². The highest BCUT2D eigenvalue weighted by molar-refractivity contribution is 7.88. The van der Waals surface area contributed by atoms with Crippen molar-refractivity contribution in [3.63, 3.8) is 0 Å². The Labute approximate surface area is 118 Å². The predicted octanol–water partition coefficient (Wildman–Crippen LogP) is 1.18. The van der Waals surface area contributed by atoms with Gasteiger partial charge in [-0.15, -0.1) is 0 Å². The second kappa shape index (κ2) is 6.50. The fraction of sp³-hybridized carbons (Fsp3) is 0.385. The smallest absolute Gasteiger partial charge is 0.321 e. The summed E-state index contributed by atoms with van der Waals surface area (Å²) in [6.07, 6.45) is 0.184. The zero-order chi connectivity index (χ0) is 15.3. The van der Waals surface area contributed by atoms with Gasteiger partial charge in [0.1, 0.15) is 6.04 Å². The summed E-state index contributed by atoms with van der Waals surface area (Å²) in [7, 11) is -2.50. The Morgan fingerprint density at radius 2 is 2.15 bits per heavy atom. The quantitative estimate of drug-likeness (QED) is 0.850. The first-order valence-corrected chi connectivity index (χ1v) is 7.60. The minimum atomic E-state index is -3.75. The van der Waals surface area contributed by atoms with Gasteiger partial charge in [-0.1, -0.05) is 19.1 Å². The lowest BCUT2D eigenvalue weighted by Crippen LogP contribution is -2.42. The predicted molar refractivity (Wildman–Crippen MR) is 73.3 cm³/mol. The third kappa shape index (κ3) is 3.79. The Bertz CT molecular complexity index is 634.